The van der Waals surface area contributed by atoms with Gasteiger partial charge in [0.1, 0.15) is 24.1 Å². The van der Waals surface area contributed by atoms with Crippen LogP contribution < -0.4 is 10.9 Å². The molecule has 2 heterocycles. The van der Waals surface area contributed by atoms with Crippen LogP contribution in [0.3, 0.4) is 0 Å². The first kappa shape index (κ1) is 20.3. The summed E-state index contributed by atoms with van der Waals surface area (Å²) in [6.07, 6.45) is -0.445. The molecule has 3 aromatic rings. The smallest absolute Gasteiger partial charge is 0.266 e. The monoisotopic (exact) mass is 420 g/mol. The number of anilines is 1. The lowest BCUT2D eigenvalue weighted by atomic mass is 9.90. The largest absolute Gasteiger partial charge is 0.363 e. The quantitative estimate of drug-likeness (QED) is 0.589. The Hall–Kier alpha value is -2.97. The fourth-order valence-corrected chi connectivity index (χ4v) is 3.80. The van der Waals surface area contributed by atoms with Crippen LogP contribution in [0.15, 0.2) is 35.5 Å². The third-order valence-electron chi connectivity index (χ3n) is 5.62. The number of hydrogen-bond acceptors (Lipinski definition) is 4. The summed E-state index contributed by atoms with van der Waals surface area (Å²) < 4.78 is 55.4. The summed E-state index contributed by atoms with van der Waals surface area (Å²) in [5, 5.41) is 3.56. The molecule has 0 aliphatic heterocycles. The first-order valence-corrected chi connectivity index (χ1v) is 9.61. The van der Waals surface area contributed by atoms with Crippen LogP contribution >= 0.6 is 0 Å². The molecule has 1 N–H and O–H groups in total. The van der Waals surface area contributed by atoms with Gasteiger partial charge in [-0.15, -0.1) is 0 Å². The Labute approximate surface area is 169 Å². The standard InChI is InChI=1S/C21H20F4N4O/c1-10-18-16(8-29(21(10)30)13-6-12(22)7-13)20(27-9-26-18)28-11(2)14-4-3-5-15(17(14)23)19(24)25/h3-5,8-9,11-13,19H,6-7H2,1-2H3,(H,26,27,28)/t11-,12-,13+/m0/s1. The van der Waals surface area contributed by atoms with Crippen molar-refractivity contribution in [2.24, 2.45) is 0 Å². The van der Waals surface area contributed by atoms with Gasteiger partial charge < -0.3 is 9.88 Å². The van der Waals surface area contributed by atoms with Gasteiger partial charge in [-0.1, -0.05) is 18.2 Å². The first-order valence-electron chi connectivity index (χ1n) is 9.61. The summed E-state index contributed by atoms with van der Waals surface area (Å²) in [6, 6.07) is 2.94. The van der Waals surface area contributed by atoms with Crippen LogP contribution in [0, 0.1) is 12.7 Å². The molecule has 0 radical (unpaired) electrons. The highest BCUT2D eigenvalue weighted by atomic mass is 19.3. The van der Waals surface area contributed by atoms with E-state index >= 15 is 0 Å². The Morgan fingerprint density at radius 2 is 1.90 bits per heavy atom. The van der Waals surface area contributed by atoms with Gasteiger partial charge in [-0.25, -0.2) is 27.5 Å². The lowest BCUT2D eigenvalue weighted by molar-refractivity contribution is 0.134. The van der Waals surface area contributed by atoms with Gasteiger partial charge in [0.25, 0.3) is 12.0 Å². The van der Waals surface area contributed by atoms with Gasteiger partial charge in [-0.05, 0) is 26.7 Å². The fraction of sp³-hybridized carbons (Fsp3) is 0.381. The number of nitrogens with one attached hydrogen (secondary N) is 1. The SMILES string of the molecule is Cc1c(=O)n([C@H]2C[C@@H](F)C2)cc2c(N[C@@H](C)c3cccc(C(F)F)c3F)ncnc12. The maximum atomic E-state index is 14.5. The first-order chi connectivity index (χ1) is 14.3. The number of hydrogen-bond donors (Lipinski definition) is 1. The number of rotatable bonds is 5. The summed E-state index contributed by atoms with van der Waals surface area (Å²) in [5.74, 6) is -0.635. The number of pyridine rings is 1. The average molecular weight is 420 g/mol. The number of fused-ring (bicyclic) bond motifs is 1. The van der Waals surface area contributed by atoms with Crippen LogP contribution in [0.5, 0.6) is 0 Å². The molecule has 0 bridgehead atoms. The van der Waals surface area contributed by atoms with E-state index in [-0.39, 0.29) is 30.0 Å². The molecule has 1 aliphatic carbocycles. The molecule has 4 rings (SSSR count). The van der Waals surface area contributed by atoms with E-state index in [1.165, 1.54) is 23.0 Å². The van der Waals surface area contributed by atoms with Gasteiger partial charge in [0.2, 0.25) is 0 Å². The molecule has 1 aromatic carbocycles. The zero-order chi connectivity index (χ0) is 21.6. The Bertz CT molecular complexity index is 1160. The van der Waals surface area contributed by atoms with Gasteiger partial charge in [-0.3, -0.25) is 4.79 Å². The third-order valence-corrected chi connectivity index (χ3v) is 5.62. The summed E-state index contributed by atoms with van der Waals surface area (Å²) in [6.45, 7) is 3.27. The second-order valence-electron chi connectivity index (χ2n) is 7.59. The summed E-state index contributed by atoms with van der Waals surface area (Å²) in [5.41, 5.74) is -0.00143. The third kappa shape index (κ3) is 3.42. The highest BCUT2D eigenvalue weighted by molar-refractivity contribution is 5.90. The number of aryl methyl sites for hydroxylation is 1. The number of halogens is 4. The van der Waals surface area contributed by atoms with E-state index in [1.54, 1.807) is 20.0 Å². The Kier molecular flexibility index (Phi) is 5.21. The van der Waals surface area contributed by atoms with Crippen molar-refractivity contribution in [3.05, 3.63) is 63.6 Å². The van der Waals surface area contributed by atoms with E-state index in [0.29, 0.717) is 22.3 Å². The van der Waals surface area contributed by atoms with Crippen LogP contribution in [0.2, 0.25) is 0 Å². The van der Waals surface area contributed by atoms with E-state index in [2.05, 4.69) is 15.3 Å². The Balaban J connectivity index is 1.75. The summed E-state index contributed by atoms with van der Waals surface area (Å²) in [7, 11) is 0. The average Bonchev–Trinajstić information content (AvgIpc) is 2.68. The van der Waals surface area contributed by atoms with Gasteiger partial charge in [-0.2, -0.15) is 0 Å². The molecule has 30 heavy (non-hydrogen) atoms. The normalized spacial score (nSPS) is 19.7. The molecule has 1 fully saturated rings. The predicted octanol–water partition coefficient (Wildman–Crippen LogP) is 5.02. The van der Waals surface area contributed by atoms with E-state index in [0.717, 1.165) is 6.07 Å². The molecule has 158 valence electrons. The van der Waals surface area contributed by atoms with E-state index < -0.39 is 30.0 Å². The molecule has 9 heteroatoms. The van der Waals surface area contributed by atoms with Crippen molar-refractivity contribution in [3.8, 4) is 0 Å². The fourth-order valence-electron chi connectivity index (χ4n) is 3.80. The van der Waals surface area contributed by atoms with Gasteiger partial charge in [0.05, 0.1) is 22.5 Å². The second kappa shape index (κ2) is 7.70. The molecule has 1 saturated carbocycles. The maximum absolute atomic E-state index is 14.5. The highest BCUT2D eigenvalue weighted by Gasteiger charge is 2.31. The van der Waals surface area contributed by atoms with Crippen LogP contribution in [0.25, 0.3) is 10.9 Å². The molecule has 0 unspecified atom stereocenters. The Morgan fingerprint density at radius 3 is 2.57 bits per heavy atom. The van der Waals surface area contributed by atoms with E-state index in [1.807, 2.05) is 0 Å². The molecular weight excluding hydrogens is 400 g/mol. The van der Waals surface area contributed by atoms with Crippen molar-refractivity contribution in [1.29, 1.82) is 0 Å². The number of alkyl halides is 3. The molecule has 1 atom stereocenters. The minimum atomic E-state index is -2.92. The van der Waals surface area contributed by atoms with Gasteiger partial charge >= 0.3 is 0 Å². The van der Waals surface area contributed by atoms with Gasteiger partial charge in [0.15, 0.2) is 0 Å². The van der Waals surface area contributed by atoms with Crippen molar-refractivity contribution >= 4 is 16.7 Å². The van der Waals surface area contributed by atoms with Crippen LogP contribution in [-0.2, 0) is 0 Å². The number of aromatic nitrogens is 3. The van der Waals surface area contributed by atoms with Crippen LogP contribution in [-0.4, -0.2) is 20.7 Å². The van der Waals surface area contributed by atoms with Crippen molar-refractivity contribution in [2.45, 2.75) is 51.4 Å². The topological polar surface area (TPSA) is 59.8 Å². The molecule has 0 saturated heterocycles. The molecular formula is C21H20F4N4O. The number of nitrogens with zero attached hydrogens (tertiary/aromatic N) is 3. The van der Waals surface area contributed by atoms with E-state index in [4.69, 9.17) is 0 Å². The predicted molar refractivity (Wildman–Crippen MR) is 105 cm³/mol. The molecule has 0 amide bonds. The van der Waals surface area contributed by atoms with Crippen molar-refractivity contribution in [3.63, 3.8) is 0 Å². The minimum absolute atomic E-state index is 0.0730. The van der Waals surface area contributed by atoms with Crippen molar-refractivity contribution in [2.75, 3.05) is 5.32 Å². The molecule has 2 aromatic heterocycles. The molecule has 0 spiro atoms. The van der Waals surface area contributed by atoms with Crippen LogP contribution in [0.1, 0.15) is 55.0 Å². The van der Waals surface area contributed by atoms with E-state index in [9.17, 15) is 22.4 Å². The van der Waals surface area contributed by atoms with Gasteiger partial charge in [0, 0.05) is 23.4 Å². The zero-order valence-electron chi connectivity index (χ0n) is 16.4. The molecule has 1 aliphatic rings. The highest BCUT2D eigenvalue weighted by Crippen LogP contribution is 2.35. The summed E-state index contributed by atoms with van der Waals surface area (Å²) >= 11 is 0. The lowest BCUT2D eigenvalue weighted by Gasteiger charge is -2.31. The van der Waals surface area contributed by atoms with Crippen molar-refractivity contribution < 1.29 is 17.6 Å². The lowest BCUT2D eigenvalue weighted by Crippen LogP contribution is -2.35. The maximum Gasteiger partial charge on any atom is 0.266 e. The minimum Gasteiger partial charge on any atom is -0.363 e. The number of benzene rings is 1. The second-order valence-corrected chi connectivity index (χ2v) is 7.59. The molecule has 5 nitrogen and oxygen atoms in total. The Morgan fingerprint density at radius 1 is 1.20 bits per heavy atom. The zero-order valence-corrected chi connectivity index (χ0v) is 16.4. The van der Waals surface area contributed by atoms with Crippen LogP contribution in [0.4, 0.5) is 23.4 Å². The van der Waals surface area contributed by atoms with Crippen molar-refractivity contribution in [1.82, 2.24) is 14.5 Å². The summed E-state index contributed by atoms with van der Waals surface area (Å²) in [4.78, 5) is 21.1.